The van der Waals surface area contributed by atoms with Crippen molar-refractivity contribution in [1.82, 2.24) is 0 Å². The van der Waals surface area contributed by atoms with Crippen molar-refractivity contribution in [3.63, 3.8) is 0 Å². The summed E-state index contributed by atoms with van der Waals surface area (Å²) in [5, 5.41) is 9.89. The summed E-state index contributed by atoms with van der Waals surface area (Å²) >= 11 is 5.86. The molecule has 0 spiro atoms. The number of carboxylic acid groups (broad SMARTS) is 1. The smallest absolute Gasteiger partial charge is 0.310 e. The molecule has 1 aromatic rings. The molecular weight excluding hydrogens is 264 g/mol. The van der Waals surface area contributed by atoms with Crippen molar-refractivity contribution >= 4 is 23.4 Å². The molecule has 0 bridgehead atoms. The molecule has 0 fully saturated rings. The van der Waals surface area contributed by atoms with Crippen LogP contribution in [-0.2, 0) is 16.0 Å². The molecule has 0 aliphatic heterocycles. The fourth-order valence-electron chi connectivity index (χ4n) is 2.19. The fraction of sp³-hybridized carbons (Fsp3) is 0.467. The van der Waals surface area contributed by atoms with Gasteiger partial charge < -0.3 is 5.11 Å². The van der Waals surface area contributed by atoms with Crippen LogP contribution in [0.3, 0.4) is 0 Å². The van der Waals surface area contributed by atoms with Crippen LogP contribution < -0.4 is 0 Å². The van der Waals surface area contributed by atoms with E-state index in [1.807, 2.05) is 19.9 Å². The summed E-state index contributed by atoms with van der Waals surface area (Å²) in [4.78, 5) is 23.4. The molecule has 0 saturated heterocycles. The quantitative estimate of drug-likeness (QED) is 0.829. The lowest BCUT2D eigenvalue weighted by Gasteiger charge is -2.25. The van der Waals surface area contributed by atoms with Gasteiger partial charge in [-0.2, -0.15) is 0 Å². The van der Waals surface area contributed by atoms with Crippen molar-refractivity contribution < 1.29 is 14.7 Å². The topological polar surface area (TPSA) is 54.4 Å². The molecule has 0 aliphatic rings. The van der Waals surface area contributed by atoms with Gasteiger partial charge >= 0.3 is 5.97 Å². The van der Waals surface area contributed by atoms with Gasteiger partial charge in [0.2, 0.25) is 0 Å². The Balaban J connectivity index is 2.76. The molecule has 104 valence electrons. The van der Waals surface area contributed by atoms with E-state index in [9.17, 15) is 14.7 Å². The van der Waals surface area contributed by atoms with Crippen LogP contribution >= 0.6 is 11.6 Å². The minimum atomic E-state index is -0.935. The second kappa shape index (κ2) is 6.71. The number of benzene rings is 1. The van der Waals surface area contributed by atoms with Crippen LogP contribution in [0.5, 0.6) is 0 Å². The summed E-state index contributed by atoms with van der Waals surface area (Å²) in [6.07, 6.45) is 1.22. The molecule has 3 nitrogen and oxygen atoms in total. The molecule has 0 saturated carbocycles. The van der Waals surface area contributed by atoms with Crippen LogP contribution in [0.4, 0.5) is 0 Å². The molecule has 0 heterocycles. The Morgan fingerprint density at radius 3 is 2.37 bits per heavy atom. The third-order valence-electron chi connectivity index (χ3n) is 3.63. The average molecular weight is 283 g/mol. The van der Waals surface area contributed by atoms with Gasteiger partial charge in [-0.1, -0.05) is 37.6 Å². The van der Waals surface area contributed by atoms with E-state index in [1.54, 1.807) is 18.2 Å². The third kappa shape index (κ3) is 4.06. The summed E-state index contributed by atoms with van der Waals surface area (Å²) in [7, 11) is 0. The third-order valence-corrected chi connectivity index (χ3v) is 3.87. The number of hydrogen-bond donors (Lipinski definition) is 1. The predicted octanol–water partition coefficient (Wildman–Crippen LogP) is 3.73. The monoisotopic (exact) mass is 282 g/mol. The number of Topliss-reactive ketones (excluding diaryl/α,β-unsaturated/α-hetero) is 1. The van der Waals surface area contributed by atoms with Crippen molar-refractivity contribution in [2.75, 3.05) is 0 Å². The highest BCUT2D eigenvalue weighted by molar-refractivity contribution is 6.30. The molecular formula is C15H19ClO3. The van der Waals surface area contributed by atoms with Crippen molar-refractivity contribution in [3.05, 3.63) is 34.9 Å². The number of hydrogen-bond acceptors (Lipinski definition) is 2. The second-order valence-corrected chi connectivity index (χ2v) is 5.25. The lowest BCUT2D eigenvalue weighted by Crippen LogP contribution is -2.32. The fourth-order valence-corrected chi connectivity index (χ4v) is 2.41. The van der Waals surface area contributed by atoms with E-state index in [1.165, 1.54) is 0 Å². The number of rotatable bonds is 7. The van der Waals surface area contributed by atoms with Crippen molar-refractivity contribution in [3.8, 4) is 0 Å². The summed E-state index contributed by atoms with van der Waals surface area (Å²) in [6.45, 7) is 3.62. The minimum absolute atomic E-state index is 0.0617. The zero-order chi connectivity index (χ0) is 14.5. The molecule has 0 amide bonds. The van der Waals surface area contributed by atoms with Crippen LogP contribution in [-0.4, -0.2) is 16.9 Å². The lowest BCUT2D eigenvalue weighted by molar-refractivity contribution is -0.152. The van der Waals surface area contributed by atoms with E-state index in [4.69, 9.17) is 11.6 Å². The largest absolute Gasteiger partial charge is 0.481 e. The molecule has 19 heavy (non-hydrogen) atoms. The van der Waals surface area contributed by atoms with E-state index in [0.717, 1.165) is 5.56 Å². The Hall–Kier alpha value is -1.35. The van der Waals surface area contributed by atoms with Gasteiger partial charge in [-0.05, 0) is 30.5 Å². The van der Waals surface area contributed by atoms with Gasteiger partial charge in [0, 0.05) is 17.9 Å². The number of aliphatic carboxylic acids is 1. The number of carbonyl (C=O) groups excluding carboxylic acids is 1. The van der Waals surface area contributed by atoms with E-state index in [2.05, 4.69) is 0 Å². The van der Waals surface area contributed by atoms with Gasteiger partial charge in [0.05, 0.1) is 5.41 Å². The zero-order valence-electron chi connectivity index (χ0n) is 11.3. The van der Waals surface area contributed by atoms with E-state index < -0.39 is 11.4 Å². The van der Waals surface area contributed by atoms with Gasteiger partial charge in [-0.25, -0.2) is 0 Å². The standard InChI is InChI=1S/C15H19ClO3/c1-3-15(4-2,14(18)19)10-13(17)9-11-6-5-7-12(16)8-11/h5-8H,3-4,9-10H2,1-2H3,(H,18,19). The lowest BCUT2D eigenvalue weighted by atomic mass is 9.77. The molecule has 0 unspecified atom stereocenters. The Bertz CT molecular complexity index is 464. The molecule has 0 atom stereocenters. The molecule has 0 radical (unpaired) electrons. The van der Waals surface area contributed by atoms with Crippen LogP contribution in [0, 0.1) is 5.41 Å². The Kier molecular flexibility index (Phi) is 5.55. The highest BCUT2D eigenvalue weighted by Crippen LogP contribution is 2.31. The first-order valence-corrected chi connectivity index (χ1v) is 6.81. The first kappa shape index (κ1) is 15.7. The Labute approximate surface area is 118 Å². The number of carbonyl (C=O) groups is 2. The average Bonchev–Trinajstić information content (AvgIpc) is 2.35. The highest BCUT2D eigenvalue weighted by Gasteiger charge is 2.36. The number of halogens is 1. The van der Waals surface area contributed by atoms with Gasteiger partial charge in [0.25, 0.3) is 0 Å². The van der Waals surface area contributed by atoms with Crippen LogP contribution in [0.15, 0.2) is 24.3 Å². The van der Waals surface area contributed by atoms with Crippen molar-refractivity contribution in [1.29, 1.82) is 0 Å². The first-order chi connectivity index (χ1) is 8.93. The Morgan fingerprint density at radius 2 is 1.89 bits per heavy atom. The number of carboxylic acids is 1. The van der Waals surface area contributed by atoms with Crippen LogP contribution in [0.2, 0.25) is 5.02 Å². The summed E-state index contributed by atoms with van der Waals surface area (Å²) in [5.41, 5.74) is -0.112. The Morgan fingerprint density at radius 1 is 1.26 bits per heavy atom. The number of ketones is 1. The minimum Gasteiger partial charge on any atom is -0.481 e. The molecule has 1 N–H and O–H groups in total. The maximum atomic E-state index is 12.1. The van der Waals surface area contributed by atoms with Gasteiger partial charge in [0.15, 0.2) is 0 Å². The van der Waals surface area contributed by atoms with E-state index in [-0.39, 0.29) is 18.6 Å². The second-order valence-electron chi connectivity index (χ2n) is 4.81. The van der Waals surface area contributed by atoms with Gasteiger partial charge in [-0.15, -0.1) is 0 Å². The van der Waals surface area contributed by atoms with Gasteiger partial charge in [0.1, 0.15) is 5.78 Å². The van der Waals surface area contributed by atoms with Crippen molar-refractivity contribution in [2.24, 2.45) is 5.41 Å². The van der Waals surface area contributed by atoms with Gasteiger partial charge in [-0.3, -0.25) is 9.59 Å². The highest BCUT2D eigenvalue weighted by atomic mass is 35.5. The molecule has 4 heteroatoms. The molecule has 0 aliphatic carbocycles. The predicted molar refractivity (Wildman–Crippen MR) is 75.4 cm³/mol. The summed E-state index contributed by atoms with van der Waals surface area (Å²) in [5.74, 6) is -0.953. The zero-order valence-corrected chi connectivity index (χ0v) is 12.0. The molecule has 0 aromatic heterocycles. The van der Waals surface area contributed by atoms with Crippen LogP contribution in [0.1, 0.15) is 38.7 Å². The van der Waals surface area contributed by atoms with Crippen LogP contribution in [0.25, 0.3) is 0 Å². The molecule has 1 aromatic carbocycles. The first-order valence-electron chi connectivity index (χ1n) is 6.43. The van der Waals surface area contributed by atoms with E-state index >= 15 is 0 Å². The SMILES string of the molecule is CCC(CC)(CC(=O)Cc1cccc(Cl)c1)C(=O)O. The maximum absolute atomic E-state index is 12.1. The van der Waals surface area contributed by atoms with E-state index in [0.29, 0.717) is 17.9 Å². The molecule has 1 rings (SSSR count). The summed E-state index contributed by atoms with van der Waals surface area (Å²) in [6, 6.07) is 7.09. The normalized spacial score (nSPS) is 11.3. The summed E-state index contributed by atoms with van der Waals surface area (Å²) < 4.78 is 0. The maximum Gasteiger partial charge on any atom is 0.310 e. The van der Waals surface area contributed by atoms with Crippen molar-refractivity contribution in [2.45, 2.75) is 39.5 Å².